The van der Waals surface area contributed by atoms with Gasteiger partial charge in [0.15, 0.2) is 28.8 Å². The monoisotopic (exact) mass is 448 g/mol. The summed E-state index contributed by atoms with van der Waals surface area (Å²) >= 11 is 0. The van der Waals surface area contributed by atoms with E-state index in [2.05, 4.69) is 0 Å². The van der Waals surface area contributed by atoms with Gasteiger partial charge in [0.2, 0.25) is 12.1 Å². The summed E-state index contributed by atoms with van der Waals surface area (Å²) in [6.07, 6.45) is -6.35. The predicted molar refractivity (Wildman–Crippen MR) is 105 cm³/mol. The van der Waals surface area contributed by atoms with Gasteiger partial charge in [0.25, 0.3) is 0 Å². The van der Waals surface area contributed by atoms with E-state index in [1.165, 1.54) is 30.3 Å². The molecule has 0 radical (unpaired) electrons. The van der Waals surface area contributed by atoms with Crippen LogP contribution in [0.2, 0.25) is 0 Å². The molecule has 170 valence electrons. The number of allylic oxidation sites excluding steroid dienone is 1. The zero-order valence-corrected chi connectivity index (χ0v) is 16.3. The van der Waals surface area contributed by atoms with Crippen molar-refractivity contribution in [1.29, 1.82) is 0 Å². The average molecular weight is 448 g/mol. The minimum absolute atomic E-state index is 0.0258. The molecule has 2 aliphatic rings. The highest BCUT2D eigenvalue weighted by Crippen LogP contribution is 2.41. The summed E-state index contributed by atoms with van der Waals surface area (Å²) in [6.45, 7) is -0.653. The molecule has 0 aromatic heterocycles. The number of carbonyl (C=O) groups excluding carboxylic acids is 1. The van der Waals surface area contributed by atoms with Crippen molar-refractivity contribution in [3.05, 3.63) is 47.2 Å². The van der Waals surface area contributed by atoms with Gasteiger partial charge in [0, 0.05) is 6.07 Å². The molecule has 2 aromatic carbocycles. The molecule has 2 heterocycles. The molecule has 0 bridgehead atoms. The number of carbonyl (C=O) groups is 1. The fraction of sp³-hybridized carbons (Fsp3) is 0.286. The first-order valence-corrected chi connectivity index (χ1v) is 9.50. The van der Waals surface area contributed by atoms with Crippen molar-refractivity contribution >= 4 is 11.9 Å². The van der Waals surface area contributed by atoms with Crippen LogP contribution in [0.25, 0.3) is 6.08 Å². The molecule has 0 aliphatic carbocycles. The highest BCUT2D eigenvalue weighted by atomic mass is 16.7. The van der Waals surface area contributed by atoms with Crippen molar-refractivity contribution in [3.63, 3.8) is 0 Å². The van der Waals surface area contributed by atoms with Gasteiger partial charge in [0.05, 0.1) is 12.2 Å². The van der Waals surface area contributed by atoms with Gasteiger partial charge in [-0.25, -0.2) is 0 Å². The van der Waals surface area contributed by atoms with E-state index < -0.39 is 48.8 Å². The number of Topliss-reactive ketones (excluding diaryl/α,β-unsaturated/α-hetero) is 1. The molecule has 1 fully saturated rings. The van der Waals surface area contributed by atoms with E-state index in [0.29, 0.717) is 5.56 Å². The number of benzene rings is 2. The number of hydrogen-bond acceptors (Lipinski definition) is 11. The Kier molecular flexibility index (Phi) is 5.67. The highest BCUT2D eigenvalue weighted by molar-refractivity contribution is 6.14. The van der Waals surface area contributed by atoms with Crippen LogP contribution in [0, 0.1) is 0 Å². The van der Waals surface area contributed by atoms with E-state index in [-0.39, 0.29) is 34.3 Å². The maximum atomic E-state index is 12.6. The standard InChI is InChI=1S/C21H20O11/c22-7-16-18(27)19(28)20(29)21(32-16)31-14-6-13-9(5-12(14)25)17(26)15(30-13)4-8-1-2-10(23)11(24)3-8/h1-6,16,18-25,27-29H,7H2. The second kappa shape index (κ2) is 8.30. The van der Waals surface area contributed by atoms with Crippen molar-refractivity contribution in [2.24, 2.45) is 0 Å². The fourth-order valence-corrected chi connectivity index (χ4v) is 3.37. The molecule has 11 nitrogen and oxygen atoms in total. The maximum Gasteiger partial charge on any atom is 0.232 e. The Morgan fingerprint density at radius 1 is 0.938 bits per heavy atom. The van der Waals surface area contributed by atoms with Gasteiger partial charge in [0.1, 0.15) is 30.2 Å². The number of fused-ring (bicyclic) bond motifs is 1. The molecular weight excluding hydrogens is 428 g/mol. The lowest BCUT2D eigenvalue weighted by atomic mass is 9.99. The van der Waals surface area contributed by atoms with Crippen LogP contribution in [0.5, 0.6) is 28.7 Å². The fourth-order valence-electron chi connectivity index (χ4n) is 3.37. The average Bonchev–Trinajstić information content (AvgIpc) is 3.05. The maximum absolute atomic E-state index is 12.6. The summed E-state index contributed by atoms with van der Waals surface area (Å²) in [5.74, 6) is -2.08. The number of rotatable bonds is 4. The first-order valence-electron chi connectivity index (χ1n) is 9.50. The van der Waals surface area contributed by atoms with E-state index in [0.717, 1.165) is 6.07 Å². The summed E-state index contributed by atoms with van der Waals surface area (Å²) in [6, 6.07) is 6.19. The molecule has 32 heavy (non-hydrogen) atoms. The van der Waals surface area contributed by atoms with Crippen molar-refractivity contribution in [1.82, 2.24) is 0 Å². The zero-order valence-electron chi connectivity index (χ0n) is 16.3. The van der Waals surface area contributed by atoms with Gasteiger partial charge in [-0.1, -0.05) is 6.07 Å². The summed E-state index contributed by atoms with van der Waals surface area (Å²) < 4.78 is 16.2. The van der Waals surface area contributed by atoms with E-state index >= 15 is 0 Å². The van der Waals surface area contributed by atoms with Gasteiger partial charge < -0.3 is 50.0 Å². The van der Waals surface area contributed by atoms with Crippen molar-refractivity contribution in [2.45, 2.75) is 30.7 Å². The summed E-state index contributed by atoms with van der Waals surface area (Å²) in [5, 5.41) is 68.4. The molecule has 5 unspecified atom stereocenters. The van der Waals surface area contributed by atoms with Gasteiger partial charge >= 0.3 is 0 Å². The molecule has 7 N–H and O–H groups in total. The Labute approximate surface area is 180 Å². The minimum Gasteiger partial charge on any atom is -0.504 e. The smallest absolute Gasteiger partial charge is 0.232 e. The van der Waals surface area contributed by atoms with Crippen LogP contribution in [0.3, 0.4) is 0 Å². The number of aliphatic hydroxyl groups excluding tert-OH is 4. The number of aromatic hydroxyl groups is 3. The third-order valence-electron chi connectivity index (χ3n) is 5.14. The first-order chi connectivity index (χ1) is 15.2. The molecule has 4 rings (SSSR count). The number of ether oxygens (including phenoxy) is 3. The third-order valence-corrected chi connectivity index (χ3v) is 5.14. The molecule has 2 aliphatic heterocycles. The van der Waals surface area contributed by atoms with E-state index in [9.17, 15) is 40.5 Å². The van der Waals surface area contributed by atoms with E-state index in [1.807, 2.05) is 0 Å². The molecule has 5 atom stereocenters. The molecule has 0 spiro atoms. The first kappa shape index (κ1) is 21.9. The lowest BCUT2D eigenvalue weighted by Gasteiger charge is -2.39. The van der Waals surface area contributed by atoms with Gasteiger partial charge in [-0.05, 0) is 29.8 Å². The number of aliphatic hydroxyl groups is 4. The van der Waals surface area contributed by atoms with Crippen LogP contribution in [0.15, 0.2) is 36.1 Å². The van der Waals surface area contributed by atoms with Gasteiger partial charge in [-0.15, -0.1) is 0 Å². The second-order valence-corrected chi connectivity index (χ2v) is 7.32. The van der Waals surface area contributed by atoms with Crippen LogP contribution in [0.4, 0.5) is 0 Å². The zero-order chi connectivity index (χ0) is 23.2. The normalized spacial score (nSPS) is 28.4. The number of hydrogen-bond donors (Lipinski definition) is 7. The Morgan fingerprint density at radius 3 is 2.38 bits per heavy atom. The number of phenols is 3. The predicted octanol–water partition coefficient (Wildman–Crippen LogP) is -0.402. The Balaban J connectivity index is 1.58. The van der Waals surface area contributed by atoms with Crippen molar-refractivity contribution in [2.75, 3.05) is 6.61 Å². The van der Waals surface area contributed by atoms with Crippen LogP contribution in [-0.4, -0.2) is 78.8 Å². The molecule has 0 saturated carbocycles. The second-order valence-electron chi connectivity index (χ2n) is 7.32. The Morgan fingerprint density at radius 2 is 1.69 bits per heavy atom. The summed E-state index contributed by atoms with van der Waals surface area (Å²) in [5.41, 5.74) is 0.399. The Bertz CT molecular complexity index is 1080. The van der Waals surface area contributed by atoms with E-state index in [1.54, 1.807) is 0 Å². The topological polar surface area (TPSA) is 186 Å². The third kappa shape index (κ3) is 3.83. The molecule has 11 heteroatoms. The number of ketones is 1. The van der Waals surface area contributed by atoms with Gasteiger partial charge in [-0.3, -0.25) is 4.79 Å². The highest BCUT2D eigenvalue weighted by Gasteiger charge is 2.45. The SMILES string of the molecule is O=C1C(=Cc2ccc(O)c(O)c2)Oc2cc(OC3OC(CO)C(O)C(O)C3O)c(O)cc21. The molecule has 1 saturated heterocycles. The molecule has 0 amide bonds. The number of phenolic OH excluding ortho intramolecular Hbond substituents is 3. The van der Waals surface area contributed by atoms with Crippen LogP contribution in [-0.2, 0) is 4.74 Å². The minimum atomic E-state index is -1.69. The van der Waals surface area contributed by atoms with Gasteiger partial charge in [-0.2, -0.15) is 0 Å². The lowest BCUT2D eigenvalue weighted by Crippen LogP contribution is -2.60. The van der Waals surface area contributed by atoms with Crippen LogP contribution >= 0.6 is 0 Å². The molecular formula is C21H20O11. The quantitative estimate of drug-likeness (QED) is 0.238. The van der Waals surface area contributed by atoms with Crippen molar-refractivity contribution < 1.29 is 54.8 Å². The summed E-state index contributed by atoms with van der Waals surface area (Å²) in [7, 11) is 0. The lowest BCUT2D eigenvalue weighted by molar-refractivity contribution is -0.277. The largest absolute Gasteiger partial charge is 0.504 e. The van der Waals surface area contributed by atoms with Crippen LogP contribution in [0.1, 0.15) is 15.9 Å². The molecule has 2 aromatic rings. The Hall–Kier alpha value is -3.35. The van der Waals surface area contributed by atoms with Crippen molar-refractivity contribution in [3.8, 4) is 28.7 Å². The van der Waals surface area contributed by atoms with Crippen LogP contribution < -0.4 is 9.47 Å². The summed E-state index contributed by atoms with van der Waals surface area (Å²) in [4.78, 5) is 12.6. The van der Waals surface area contributed by atoms with E-state index in [4.69, 9.17) is 14.2 Å².